The van der Waals surface area contributed by atoms with Crippen LogP contribution in [0.4, 0.5) is 16.0 Å². The zero-order valence-electron chi connectivity index (χ0n) is 14.6. The van der Waals surface area contributed by atoms with Gasteiger partial charge in [0.1, 0.15) is 10.6 Å². The summed E-state index contributed by atoms with van der Waals surface area (Å²) in [5.74, 6) is -0.137. The fraction of sp³-hybridized carbons (Fsp3) is 0.278. The van der Waals surface area contributed by atoms with Crippen LogP contribution in [0.25, 0.3) is 10.4 Å². The lowest BCUT2D eigenvalue weighted by molar-refractivity contribution is -0.00244. The number of halogens is 1. The Bertz CT molecular complexity index is 943. The normalized spacial score (nSPS) is 13.5. The molecule has 3 aromatic rings. The average molecular weight is 374 g/mol. The molecule has 3 N–H and O–H groups in total. The lowest BCUT2D eigenvalue weighted by atomic mass is 10.1. The third-order valence-corrected chi connectivity index (χ3v) is 5.11. The van der Waals surface area contributed by atoms with Crippen LogP contribution in [0.1, 0.15) is 23.2 Å². The number of nitrogens with zero attached hydrogens (tertiary/aromatic N) is 3. The minimum atomic E-state index is -1.37. The molecular weight excluding hydrogens is 355 g/mol. The van der Waals surface area contributed by atoms with Gasteiger partial charge in [0.2, 0.25) is 5.95 Å². The molecule has 8 heteroatoms. The number of rotatable bonds is 5. The van der Waals surface area contributed by atoms with Crippen LogP contribution in [0.15, 0.2) is 30.6 Å². The number of anilines is 2. The van der Waals surface area contributed by atoms with Crippen LogP contribution < -0.4 is 5.32 Å². The van der Waals surface area contributed by atoms with Gasteiger partial charge in [0.15, 0.2) is 5.82 Å². The van der Waals surface area contributed by atoms with Crippen LogP contribution >= 0.6 is 11.3 Å². The van der Waals surface area contributed by atoms with Gasteiger partial charge < -0.3 is 15.5 Å². The summed E-state index contributed by atoms with van der Waals surface area (Å²) in [5.41, 5.74) is 1.58. The number of aromatic nitrogens is 3. The van der Waals surface area contributed by atoms with Crippen LogP contribution in [0.2, 0.25) is 0 Å². The summed E-state index contributed by atoms with van der Waals surface area (Å²) >= 11 is 1.32. The summed E-state index contributed by atoms with van der Waals surface area (Å²) in [6.07, 6.45) is 2.80. The second-order valence-corrected chi connectivity index (χ2v) is 7.33. The molecule has 2 aromatic heterocycles. The van der Waals surface area contributed by atoms with Gasteiger partial charge in [-0.25, -0.2) is 19.3 Å². The number of nitrogens with one attached hydrogen (secondary N) is 1. The standard InChI is InChI=1S/C18H19FN4O2S/c1-10-4-12(15-8-20-16(26-15)18(3,25)9-24)6-13(5-10)23-17-21-7-14(19)11(2)22-17/h4-8,24-25H,9H2,1-3H3,(H,21,22,23)/t18-/m1/s1. The van der Waals surface area contributed by atoms with E-state index in [0.717, 1.165) is 27.9 Å². The maximum absolute atomic E-state index is 13.3. The van der Waals surface area contributed by atoms with E-state index in [1.807, 2.05) is 25.1 Å². The highest BCUT2D eigenvalue weighted by atomic mass is 32.1. The van der Waals surface area contributed by atoms with Crippen molar-refractivity contribution in [2.45, 2.75) is 26.4 Å². The summed E-state index contributed by atoms with van der Waals surface area (Å²) in [6.45, 7) is 4.65. The van der Waals surface area contributed by atoms with Crippen molar-refractivity contribution in [3.8, 4) is 10.4 Å². The van der Waals surface area contributed by atoms with Crippen molar-refractivity contribution in [2.75, 3.05) is 11.9 Å². The third kappa shape index (κ3) is 3.87. The molecule has 136 valence electrons. The van der Waals surface area contributed by atoms with Crippen LogP contribution in [0.5, 0.6) is 0 Å². The van der Waals surface area contributed by atoms with Crippen LogP contribution in [0, 0.1) is 19.7 Å². The van der Waals surface area contributed by atoms with E-state index in [0.29, 0.717) is 11.0 Å². The monoisotopic (exact) mass is 374 g/mol. The van der Waals surface area contributed by atoms with Crippen molar-refractivity contribution in [3.05, 3.63) is 52.7 Å². The zero-order chi connectivity index (χ0) is 18.9. The topological polar surface area (TPSA) is 91.2 Å². The molecule has 26 heavy (non-hydrogen) atoms. The Kier molecular flexibility index (Phi) is 4.99. The van der Waals surface area contributed by atoms with E-state index < -0.39 is 18.0 Å². The molecule has 3 rings (SSSR count). The summed E-state index contributed by atoms with van der Waals surface area (Å²) in [6, 6.07) is 5.82. The molecule has 0 aliphatic rings. The summed E-state index contributed by atoms with van der Waals surface area (Å²) in [4.78, 5) is 13.1. The van der Waals surface area contributed by atoms with E-state index >= 15 is 0 Å². The maximum Gasteiger partial charge on any atom is 0.227 e. The molecule has 6 nitrogen and oxygen atoms in total. The predicted octanol–water partition coefficient (Wildman–Crippen LogP) is 3.30. The average Bonchev–Trinajstić information content (AvgIpc) is 3.09. The first-order valence-electron chi connectivity index (χ1n) is 7.96. The molecule has 0 spiro atoms. The maximum atomic E-state index is 13.3. The number of aliphatic hydroxyl groups is 2. The Morgan fingerprint density at radius 2 is 1.96 bits per heavy atom. The van der Waals surface area contributed by atoms with E-state index in [1.165, 1.54) is 18.3 Å². The molecule has 0 unspecified atom stereocenters. The molecule has 0 fully saturated rings. The van der Waals surface area contributed by atoms with Gasteiger partial charge in [-0.05, 0) is 44.0 Å². The molecule has 0 saturated heterocycles. The second kappa shape index (κ2) is 7.06. The Morgan fingerprint density at radius 3 is 2.65 bits per heavy atom. The minimum Gasteiger partial charge on any atom is -0.393 e. The van der Waals surface area contributed by atoms with E-state index in [2.05, 4.69) is 20.3 Å². The fourth-order valence-corrected chi connectivity index (χ4v) is 3.30. The highest BCUT2D eigenvalue weighted by Gasteiger charge is 2.26. The molecular formula is C18H19FN4O2S. The molecule has 0 bridgehead atoms. The number of aryl methyl sites for hydroxylation is 2. The molecule has 0 saturated carbocycles. The molecule has 2 heterocycles. The van der Waals surface area contributed by atoms with Crippen molar-refractivity contribution < 1.29 is 14.6 Å². The van der Waals surface area contributed by atoms with Gasteiger partial charge in [-0.1, -0.05) is 6.07 Å². The third-order valence-electron chi connectivity index (χ3n) is 3.81. The van der Waals surface area contributed by atoms with Crippen molar-refractivity contribution >= 4 is 23.0 Å². The number of hydrogen-bond acceptors (Lipinski definition) is 7. The van der Waals surface area contributed by atoms with Crippen molar-refractivity contribution in [1.82, 2.24) is 15.0 Å². The van der Waals surface area contributed by atoms with E-state index in [4.69, 9.17) is 0 Å². The first-order valence-corrected chi connectivity index (χ1v) is 8.78. The molecule has 1 aromatic carbocycles. The van der Waals surface area contributed by atoms with Crippen molar-refractivity contribution in [1.29, 1.82) is 0 Å². The van der Waals surface area contributed by atoms with Gasteiger partial charge >= 0.3 is 0 Å². The molecule has 1 atom stereocenters. The number of benzene rings is 1. The fourth-order valence-electron chi connectivity index (χ4n) is 2.36. The highest BCUT2D eigenvalue weighted by molar-refractivity contribution is 7.15. The lowest BCUT2D eigenvalue weighted by Crippen LogP contribution is -2.25. The van der Waals surface area contributed by atoms with Gasteiger partial charge in [0.25, 0.3) is 0 Å². The Hall–Kier alpha value is -2.42. The molecule has 0 radical (unpaired) electrons. The quantitative estimate of drug-likeness (QED) is 0.635. The van der Waals surface area contributed by atoms with E-state index in [1.54, 1.807) is 13.1 Å². The van der Waals surface area contributed by atoms with Gasteiger partial charge in [-0.15, -0.1) is 11.3 Å². The smallest absolute Gasteiger partial charge is 0.227 e. The minimum absolute atomic E-state index is 0.272. The van der Waals surface area contributed by atoms with Crippen molar-refractivity contribution in [3.63, 3.8) is 0 Å². The number of aliphatic hydroxyl groups excluding tert-OH is 1. The first-order chi connectivity index (χ1) is 12.3. The largest absolute Gasteiger partial charge is 0.393 e. The van der Waals surface area contributed by atoms with Crippen LogP contribution in [-0.4, -0.2) is 31.8 Å². The molecule has 0 aliphatic heterocycles. The Balaban J connectivity index is 1.91. The Morgan fingerprint density at radius 1 is 1.19 bits per heavy atom. The summed E-state index contributed by atoms with van der Waals surface area (Å²) in [7, 11) is 0. The SMILES string of the molecule is Cc1cc(Nc2ncc(F)c(C)n2)cc(-c2cnc([C@](C)(O)CO)s2)c1. The van der Waals surface area contributed by atoms with E-state index in [-0.39, 0.29) is 5.69 Å². The van der Waals surface area contributed by atoms with Gasteiger partial charge in [-0.3, -0.25) is 0 Å². The molecule has 0 aliphatic carbocycles. The van der Waals surface area contributed by atoms with E-state index in [9.17, 15) is 14.6 Å². The van der Waals surface area contributed by atoms with Crippen LogP contribution in [-0.2, 0) is 5.60 Å². The second-order valence-electron chi connectivity index (χ2n) is 6.30. The Labute approximate surface area is 154 Å². The van der Waals surface area contributed by atoms with Crippen molar-refractivity contribution in [2.24, 2.45) is 0 Å². The highest BCUT2D eigenvalue weighted by Crippen LogP contribution is 2.33. The van der Waals surface area contributed by atoms with Crippen LogP contribution in [0.3, 0.4) is 0 Å². The summed E-state index contributed by atoms with van der Waals surface area (Å²) < 4.78 is 13.3. The van der Waals surface area contributed by atoms with Gasteiger partial charge in [-0.2, -0.15) is 0 Å². The lowest BCUT2D eigenvalue weighted by Gasteiger charge is -2.16. The first kappa shape index (κ1) is 18.4. The zero-order valence-corrected chi connectivity index (χ0v) is 15.4. The van der Waals surface area contributed by atoms with Gasteiger partial charge in [0.05, 0.1) is 23.4 Å². The number of thiazole rings is 1. The summed E-state index contributed by atoms with van der Waals surface area (Å²) in [5, 5.41) is 23.0. The molecule has 0 amide bonds. The predicted molar refractivity (Wildman–Crippen MR) is 99.0 cm³/mol. The van der Waals surface area contributed by atoms with Gasteiger partial charge in [0, 0.05) is 11.9 Å². The number of hydrogen-bond donors (Lipinski definition) is 3.